The van der Waals surface area contributed by atoms with Crippen LogP contribution in [0.4, 0.5) is 15.9 Å². The van der Waals surface area contributed by atoms with Gasteiger partial charge in [0, 0.05) is 37.5 Å². The van der Waals surface area contributed by atoms with Gasteiger partial charge in [-0.1, -0.05) is 0 Å². The van der Waals surface area contributed by atoms with Crippen molar-refractivity contribution in [1.82, 2.24) is 19.6 Å². The molecule has 11 heteroatoms. The van der Waals surface area contributed by atoms with Crippen molar-refractivity contribution in [2.24, 2.45) is 5.73 Å². The van der Waals surface area contributed by atoms with E-state index in [2.05, 4.69) is 15.1 Å². The molecule has 0 radical (unpaired) electrons. The van der Waals surface area contributed by atoms with Gasteiger partial charge >= 0.3 is 5.97 Å². The van der Waals surface area contributed by atoms with Crippen LogP contribution in [0.5, 0.6) is 5.88 Å². The fraction of sp³-hybridized carbons (Fsp3) is 0.368. The highest BCUT2D eigenvalue weighted by Crippen LogP contribution is 2.33. The summed E-state index contributed by atoms with van der Waals surface area (Å²) in [7, 11) is 0. The SMILES string of the molecule is C[C@@H](N)CCOc1ncc(F)cc1N1CCCN1c1ccn2ncc(C(=O)O)c2n1. The first-order valence-corrected chi connectivity index (χ1v) is 9.60. The number of aromatic carboxylic acids is 1. The molecule has 158 valence electrons. The van der Waals surface area contributed by atoms with Gasteiger partial charge in [-0.15, -0.1) is 0 Å². The Kier molecular flexibility index (Phi) is 5.36. The van der Waals surface area contributed by atoms with Crippen LogP contribution in [0.15, 0.2) is 30.7 Å². The molecule has 0 bridgehead atoms. The fourth-order valence-electron chi connectivity index (χ4n) is 3.31. The Morgan fingerprint density at radius 2 is 2.17 bits per heavy atom. The van der Waals surface area contributed by atoms with Crippen molar-refractivity contribution in [3.05, 3.63) is 42.1 Å². The molecule has 0 unspecified atom stereocenters. The zero-order valence-corrected chi connectivity index (χ0v) is 16.4. The molecule has 3 aromatic heterocycles. The molecule has 30 heavy (non-hydrogen) atoms. The molecular formula is C19H22FN7O3. The van der Waals surface area contributed by atoms with Crippen molar-refractivity contribution in [2.75, 3.05) is 29.7 Å². The third kappa shape index (κ3) is 3.83. The quantitative estimate of drug-likeness (QED) is 0.594. The number of pyridine rings is 1. The highest BCUT2D eigenvalue weighted by Gasteiger charge is 2.28. The zero-order chi connectivity index (χ0) is 21.3. The predicted molar refractivity (Wildman–Crippen MR) is 107 cm³/mol. The number of aromatic nitrogens is 4. The Labute approximate surface area is 171 Å². The van der Waals surface area contributed by atoms with Gasteiger partial charge in [-0.2, -0.15) is 5.10 Å². The summed E-state index contributed by atoms with van der Waals surface area (Å²) in [5.41, 5.74) is 6.49. The molecule has 3 N–H and O–H groups in total. The van der Waals surface area contributed by atoms with E-state index < -0.39 is 11.8 Å². The largest absolute Gasteiger partial charge is 0.477 e. The van der Waals surface area contributed by atoms with Gasteiger partial charge in [-0.25, -0.2) is 23.7 Å². The minimum Gasteiger partial charge on any atom is -0.477 e. The van der Waals surface area contributed by atoms with Crippen LogP contribution in [-0.2, 0) is 0 Å². The molecule has 4 rings (SSSR count). The molecule has 1 aliphatic rings. The number of hydrogen-bond donors (Lipinski definition) is 2. The Balaban J connectivity index is 1.67. The Morgan fingerprint density at radius 1 is 1.37 bits per heavy atom. The number of rotatable bonds is 7. The van der Waals surface area contributed by atoms with Gasteiger partial charge in [-0.05, 0) is 19.8 Å². The second-order valence-electron chi connectivity index (χ2n) is 7.11. The van der Waals surface area contributed by atoms with Crippen LogP contribution in [0.2, 0.25) is 0 Å². The van der Waals surface area contributed by atoms with Crippen molar-refractivity contribution in [1.29, 1.82) is 0 Å². The summed E-state index contributed by atoms with van der Waals surface area (Å²) in [5, 5.41) is 17.1. The number of ether oxygens (including phenoxy) is 1. The average molecular weight is 415 g/mol. The topological polar surface area (TPSA) is 122 Å². The van der Waals surface area contributed by atoms with Crippen molar-refractivity contribution < 1.29 is 19.0 Å². The van der Waals surface area contributed by atoms with Gasteiger partial charge in [-0.3, -0.25) is 10.0 Å². The van der Waals surface area contributed by atoms with Crippen molar-refractivity contribution >= 4 is 23.1 Å². The Hall–Kier alpha value is -3.47. The lowest BCUT2D eigenvalue weighted by Crippen LogP contribution is -2.38. The summed E-state index contributed by atoms with van der Waals surface area (Å²) in [6.45, 7) is 3.47. The molecule has 0 spiro atoms. The lowest BCUT2D eigenvalue weighted by Gasteiger charge is -2.31. The number of carboxylic acids is 1. The summed E-state index contributed by atoms with van der Waals surface area (Å²) < 4.78 is 21.2. The van der Waals surface area contributed by atoms with Gasteiger partial charge in [0.15, 0.2) is 11.5 Å². The maximum atomic E-state index is 14.0. The monoisotopic (exact) mass is 415 g/mol. The summed E-state index contributed by atoms with van der Waals surface area (Å²) in [4.78, 5) is 20.0. The van der Waals surface area contributed by atoms with E-state index in [1.54, 1.807) is 12.3 Å². The number of nitrogens with zero attached hydrogens (tertiary/aromatic N) is 6. The highest BCUT2D eigenvalue weighted by atomic mass is 19.1. The van der Waals surface area contributed by atoms with E-state index >= 15 is 0 Å². The number of hydrazine groups is 1. The summed E-state index contributed by atoms with van der Waals surface area (Å²) in [6.07, 6.45) is 5.45. The fourth-order valence-corrected chi connectivity index (χ4v) is 3.31. The zero-order valence-electron chi connectivity index (χ0n) is 16.4. The van der Waals surface area contributed by atoms with Crippen LogP contribution in [0, 0.1) is 5.82 Å². The third-order valence-electron chi connectivity index (χ3n) is 4.77. The Bertz CT molecular complexity index is 1070. The van der Waals surface area contributed by atoms with Crippen LogP contribution in [-0.4, -0.2) is 56.4 Å². The van der Waals surface area contributed by atoms with E-state index in [9.17, 15) is 14.3 Å². The van der Waals surface area contributed by atoms with Gasteiger partial charge in [0.1, 0.15) is 17.1 Å². The lowest BCUT2D eigenvalue weighted by molar-refractivity contribution is 0.0698. The van der Waals surface area contributed by atoms with E-state index in [1.165, 1.54) is 16.8 Å². The minimum absolute atomic E-state index is 0.00921. The molecule has 0 aliphatic carbocycles. The van der Waals surface area contributed by atoms with E-state index in [-0.39, 0.29) is 17.3 Å². The molecular weight excluding hydrogens is 393 g/mol. The summed E-state index contributed by atoms with van der Waals surface area (Å²) in [5.74, 6) is -0.759. The molecule has 0 aromatic carbocycles. The first-order valence-electron chi connectivity index (χ1n) is 9.60. The van der Waals surface area contributed by atoms with Crippen LogP contribution in [0.25, 0.3) is 5.65 Å². The molecule has 3 aromatic rings. The number of nitrogens with two attached hydrogens (primary N) is 1. The number of halogens is 1. The lowest BCUT2D eigenvalue weighted by atomic mass is 10.3. The highest BCUT2D eigenvalue weighted by molar-refractivity contribution is 5.94. The molecule has 4 heterocycles. The number of anilines is 2. The smallest absolute Gasteiger partial charge is 0.341 e. The van der Waals surface area contributed by atoms with E-state index in [0.717, 1.165) is 12.6 Å². The molecule has 10 nitrogen and oxygen atoms in total. The van der Waals surface area contributed by atoms with E-state index in [1.807, 2.05) is 16.9 Å². The predicted octanol–water partition coefficient (Wildman–Crippen LogP) is 1.71. The second kappa shape index (κ2) is 8.11. The third-order valence-corrected chi connectivity index (χ3v) is 4.77. The average Bonchev–Trinajstić information content (AvgIpc) is 3.35. The van der Waals surface area contributed by atoms with Crippen LogP contribution in [0.3, 0.4) is 0 Å². The van der Waals surface area contributed by atoms with E-state index in [0.29, 0.717) is 43.5 Å². The number of hydrogen-bond acceptors (Lipinski definition) is 8. The molecule has 1 fully saturated rings. The number of carbonyl (C=O) groups is 1. The second-order valence-corrected chi connectivity index (χ2v) is 7.11. The van der Waals surface area contributed by atoms with Crippen molar-refractivity contribution in [3.63, 3.8) is 0 Å². The first kappa shape index (κ1) is 19.8. The minimum atomic E-state index is -1.10. The normalized spacial score (nSPS) is 15.0. The molecule has 0 saturated carbocycles. The molecule has 1 aliphatic heterocycles. The maximum absolute atomic E-state index is 14.0. The van der Waals surface area contributed by atoms with Crippen LogP contribution < -0.4 is 20.5 Å². The van der Waals surface area contributed by atoms with Crippen LogP contribution in [0.1, 0.15) is 30.1 Å². The standard InChI is InChI=1S/C19H22FN7O3/c1-12(21)4-8-30-18-15(9-13(20)10-22-18)26-5-2-6-27(26)16-3-7-25-17(24-16)14(11-23-25)19(28)29/h3,7,9-12H,2,4-6,8,21H2,1H3,(H,28,29)/t12-/m1/s1. The van der Waals surface area contributed by atoms with Gasteiger partial charge in [0.2, 0.25) is 5.88 Å². The van der Waals surface area contributed by atoms with Gasteiger partial charge < -0.3 is 15.6 Å². The summed E-state index contributed by atoms with van der Waals surface area (Å²) >= 11 is 0. The molecule has 1 atom stereocenters. The van der Waals surface area contributed by atoms with Crippen molar-refractivity contribution in [2.45, 2.75) is 25.8 Å². The molecule has 1 saturated heterocycles. The maximum Gasteiger partial charge on any atom is 0.341 e. The van der Waals surface area contributed by atoms with Crippen LogP contribution >= 0.6 is 0 Å². The summed E-state index contributed by atoms with van der Waals surface area (Å²) in [6, 6.07) is 3.08. The van der Waals surface area contributed by atoms with Gasteiger partial charge in [0.25, 0.3) is 0 Å². The van der Waals surface area contributed by atoms with E-state index in [4.69, 9.17) is 10.5 Å². The number of carboxylic acid groups (broad SMARTS) is 1. The Morgan fingerprint density at radius 3 is 2.93 bits per heavy atom. The van der Waals surface area contributed by atoms with Crippen molar-refractivity contribution in [3.8, 4) is 5.88 Å². The first-order chi connectivity index (χ1) is 14.4. The van der Waals surface area contributed by atoms with Gasteiger partial charge in [0.05, 0.1) is 19.0 Å². The number of fused-ring (bicyclic) bond motifs is 1. The molecule has 0 amide bonds.